The summed E-state index contributed by atoms with van der Waals surface area (Å²) in [4.78, 5) is -0.944. The fourth-order valence-corrected chi connectivity index (χ4v) is 0.194. The Labute approximate surface area is 47.5 Å². The third-order valence-corrected chi connectivity index (χ3v) is 1.74. The Bertz CT molecular complexity index is 47.7. The Hall–Kier alpha value is 0.270. The molecule has 0 aliphatic rings. The molecule has 1 unspecified atom stereocenters. The second kappa shape index (κ2) is 2.55. The van der Waals surface area contributed by atoms with Crippen LogP contribution in [0.2, 0.25) is 0 Å². The molecule has 7 heavy (non-hydrogen) atoms. The molecule has 1 atom stereocenters. The predicted molar refractivity (Wildman–Crippen MR) is 31.2 cm³/mol. The molecule has 0 aromatic rings. The van der Waals surface area contributed by atoms with Gasteiger partial charge in [-0.15, -0.1) is 11.8 Å². The standard InChI is InChI=1S/C4H10O2S/c1-4(6,3-5)7-2/h5-6H,3H2,1-2H3. The van der Waals surface area contributed by atoms with E-state index in [1.807, 2.05) is 0 Å². The molecule has 0 aromatic carbocycles. The molecule has 0 rings (SSSR count). The number of thioether (sulfide) groups is 1. The van der Waals surface area contributed by atoms with Crippen LogP contribution < -0.4 is 0 Å². The molecular formula is C4H10O2S. The molecule has 0 aliphatic heterocycles. The van der Waals surface area contributed by atoms with Gasteiger partial charge in [-0.05, 0) is 13.2 Å². The van der Waals surface area contributed by atoms with Gasteiger partial charge in [0, 0.05) is 0 Å². The van der Waals surface area contributed by atoms with Crippen LogP contribution in [0.1, 0.15) is 6.92 Å². The first kappa shape index (κ1) is 7.27. The van der Waals surface area contributed by atoms with Crippen LogP contribution in [0.3, 0.4) is 0 Å². The van der Waals surface area contributed by atoms with E-state index >= 15 is 0 Å². The summed E-state index contributed by atoms with van der Waals surface area (Å²) in [6.45, 7) is 1.38. The molecule has 0 radical (unpaired) electrons. The van der Waals surface area contributed by atoms with Crippen molar-refractivity contribution in [1.29, 1.82) is 0 Å². The summed E-state index contributed by atoms with van der Waals surface area (Å²) in [5.74, 6) is 0. The zero-order chi connectivity index (χ0) is 5.91. The van der Waals surface area contributed by atoms with Crippen LogP contribution >= 0.6 is 11.8 Å². The Morgan fingerprint density at radius 3 is 2.14 bits per heavy atom. The molecule has 0 aromatic heterocycles. The van der Waals surface area contributed by atoms with E-state index in [1.165, 1.54) is 11.8 Å². The summed E-state index contributed by atoms with van der Waals surface area (Å²) >= 11 is 1.23. The van der Waals surface area contributed by atoms with E-state index in [2.05, 4.69) is 0 Å². The Morgan fingerprint density at radius 2 is 2.14 bits per heavy atom. The summed E-state index contributed by atoms with van der Waals surface area (Å²) in [6, 6.07) is 0. The van der Waals surface area contributed by atoms with Gasteiger partial charge >= 0.3 is 0 Å². The molecule has 0 saturated carbocycles. The molecule has 0 fully saturated rings. The first-order valence-electron chi connectivity index (χ1n) is 2.01. The van der Waals surface area contributed by atoms with E-state index in [4.69, 9.17) is 10.2 Å². The number of hydrogen-bond acceptors (Lipinski definition) is 3. The van der Waals surface area contributed by atoms with E-state index in [-0.39, 0.29) is 6.61 Å². The fraction of sp³-hybridized carbons (Fsp3) is 1.00. The van der Waals surface area contributed by atoms with Gasteiger partial charge in [-0.1, -0.05) is 0 Å². The summed E-state index contributed by atoms with van der Waals surface area (Å²) < 4.78 is 0. The number of aliphatic hydroxyl groups is 2. The van der Waals surface area contributed by atoms with Crippen LogP contribution in [0.25, 0.3) is 0 Å². The van der Waals surface area contributed by atoms with E-state index in [0.717, 1.165) is 0 Å². The molecule has 0 aliphatic carbocycles. The maximum atomic E-state index is 8.84. The van der Waals surface area contributed by atoms with Gasteiger partial charge < -0.3 is 10.2 Å². The van der Waals surface area contributed by atoms with Gasteiger partial charge in [-0.3, -0.25) is 0 Å². The summed E-state index contributed by atoms with van der Waals surface area (Å²) in [6.07, 6.45) is 1.75. The Morgan fingerprint density at radius 1 is 1.71 bits per heavy atom. The lowest BCUT2D eigenvalue weighted by Crippen LogP contribution is -2.23. The highest BCUT2D eigenvalue weighted by molar-refractivity contribution is 7.99. The Kier molecular flexibility index (Phi) is 2.64. The van der Waals surface area contributed by atoms with Crippen LogP contribution in [-0.2, 0) is 0 Å². The lowest BCUT2D eigenvalue weighted by atomic mass is 10.4. The fourth-order valence-electron chi connectivity index (χ4n) is 0.0645. The van der Waals surface area contributed by atoms with Gasteiger partial charge in [-0.25, -0.2) is 0 Å². The summed E-state index contributed by atoms with van der Waals surface area (Å²) in [7, 11) is 0. The van der Waals surface area contributed by atoms with Crippen LogP contribution in [0.4, 0.5) is 0 Å². The van der Waals surface area contributed by atoms with E-state index in [1.54, 1.807) is 13.2 Å². The topological polar surface area (TPSA) is 40.5 Å². The smallest absolute Gasteiger partial charge is 0.130 e. The highest BCUT2D eigenvalue weighted by Gasteiger charge is 2.14. The molecule has 0 saturated heterocycles. The van der Waals surface area contributed by atoms with Crippen molar-refractivity contribution in [2.75, 3.05) is 12.9 Å². The molecule has 0 bridgehead atoms. The van der Waals surface area contributed by atoms with Gasteiger partial charge in [-0.2, -0.15) is 0 Å². The maximum Gasteiger partial charge on any atom is 0.130 e. The maximum absolute atomic E-state index is 8.84. The van der Waals surface area contributed by atoms with Crippen molar-refractivity contribution >= 4 is 11.8 Å². The van der Waals surface area contributed by atoms with E-state index in [9.17, 15) is 0 Å². The molecular weight excluding hydrogens is 112 g/mol. The Balaban J connectivity index is 3.36. The molecule has 0 heterocycles. The number of hydrogen-bond donors (Lipinski definition) is 2. The first-order valence-corrected chi connectivity index (χ1v) is 3.23. The monoisotopic (exact) mass is 122 g/mol. The average Bonchev–Trinajstić information content (AvgIpc) is 1.68. The van der Waals surface area contributed by atoms with Crippen LogP contribution in [-0.4, -0.2) is 28.0 Å². The second-order valence-corrected chi connectivity index (χ2v) is 2.83. The van der Waals surface area contributed by atoms with Crippen molar-refractivity contribution < 1.29 is 10.2 Å². The predicted octanol–water partition coefficient (Wildman–Crippen LogP) is 0.0502. The van der Waals surface area contributed by atoms with Crippen LogP contribution in [0, 0.1) is 0 Å². The zero-order valence-corrected chi connectivity index (χ0v) is 5.33. The number of rotatable bonds is 2. The number of aliphatic hydroxyl groups excluding tert-OH is 1. The first-order chi connectivity index (χ1) is 3.12. The third-order valence-electron chi connectivity index (χ3n) is 0.733. The lowest BCUT2D eigenvalue weighted by molar-refractivity contribution is 0.0808. The van der Waals surface area contributed by atoms with Crippen molar-refractivity contribution in [3.63, 3.8) is 0 Å². The minimum Gasteiger partial charge on any atom is -0.392 e. The second-order valence-electron chi connectivity index (χ2n) is 1.54. The van der Waals surface area contributed by atoms with E-state index in [0.29, 0.717) is 0 Å². The molecule has 0 spiro atoms. The van der Waals surface area contributed by atoms with E-state index < -0.39 is 4.93 Å². The van der Waals surface area contributed by atoms with Crippen molar-refractivity contribution in [3.8, 4) is 0 Å². The van der Waals surface area contributed by atoms with Crippen LogP contribution in [0.15, 0.2) is 0 Å². The van der Waals surface area contributed by atoms with Crippen molar-refractivity contribution in [3.05, 3.63) is 0 Å². The van der Waals surface area contributed by atoms with Gasteiger partial charge in [0.15, 0.2) is 0 Å². The quantitative estimate of drug-likeness (QED) is 0.508. The minimum absolute atomic E-state index is 0.186. The van der Waals surface area contributed by atoms with Gasteiger partial charge in [0.25, 0.3) is 0 Å². The van der Waals surface area contributed by atoms with Crippen molar-refractivity contribution in [2.45, 2.75) is 11.9 Å². The molecule has 0 amide bonds. The molecule has 44 valence electrons. The van der Waals surface area contributed by atoms with Crippen molar-refractivity contribution in [2.24, 2.45) is 0 Å². The SMILES string of the molecule is CSC(C)(O)CO. The van der Waals surface area contributed by atoms with Crippen LogP contribution in [0.5, 0.6) is 0 Å². The highest BCUT2D eigenvalue weighted by atomic mass is 32.2. The summed E-state index contributed by atoms with van der Waals surface area (Å²) in [5, 5.41) is 17.2. The van der Waals surface area contributed by atoms with Gasteiger partial charge in [0.05, 0.1) is 6.61 Å². The normalized spacial score (nSPS) is 18.9. The third kappa shape index (κ3) is 2.91. The molecule has 3 heteroatoms. The minimum atomic E-state index is -0.944. The highest BCUT2D eigenvalue weighted by Crippen LogP contribution is 2.15. The van der Waals surface area contributed by atoms with Gasteiger partial charge in [0.1, 0.15) is 4.93 Å². The average molecular weight is 122 g/mol. The molecule has 2 nitrogen and oxygen atoms in total. The van der Waals surface area contributed by atoms with Gasteiger partial charge in [0.2, 0.25) is 0 Å². The van der Waals surface area contributed by atoms with Crippen molar-refractivity contribution in [1.82, 2.24) is 0 Å². The zero-order valence-electron chi connectivity index (χ0n) is 4.51. The summed E-state index contributed by atoms with van der Waals surface area (Å²) in [5.41, 5.74) is 0. The largest absolute Gasteiger partial charge is 0.392 e. The molecule has 2 N–H and O–H groups in total. The lowest BCUT2D eigenvalue weighted by Gasteiger charge is -2.15.